The molecule has 1 atom stereocenters. The third kappa shape index (κ3) is 4.79. The number of hydrogen-bond donors (Lipinski definition) is 1. The quantitative estimate of drug-likeness (QED) is 0.549. The van der Waals surface area contributed by atoms with E-state index in [1.165, 1.54) is 0 Å². The first-order valence-electron chi connectivity index (χ1n) is 6.96. The SMILES string of the molecule is CC(C)C(N)c1cc(C(F)(F)F)c(C(F)(F)F)c(C(F)(F)F)c1C(F)(F)F. The van der Waals surface area contributed by atoms with E-state index < -0.39 is 70.5 Å². The van der Waals surface area contributed by atoms with E-state index in [1.54, 1.807) is 0 Å². The van der Waals surface area contributed by atoms with Crippen LogP contribution < -0.4 is 5.73 Å². The summed E-state index contributed by atoms with van der Waals surface area (Å²) in [6, 6.07) is -2.64. The summed E-state index contributed by atoms with van der Waals surface area (Å²) in [5.74, 6) is -1.11. The second-order valence-corrected chi connectivity index (χ2v) is 5.90. The monoisotopic (exact) mass is 421 g/mol. The Balaban J connectivity index is 4.35. The summed E-state index contributed by atoms with van der Waals surface area (Å²) in [4.78, 5) is 0. The van der Waals surface area contributed by atoms with Crippen LogP contribution in [0.2, 0.25) is 0 Å². The molecule has 1 aromatic carbocycles. The van der Waals surface area contributed by atoms with Crippen LogP contribution in [0.3, 0.4) is 0 Å². The van der Waals surface area contributed by atoms with Gasteiger partial charge in [0.25, 0.3) is 0 Å². The third-order valence-electron chi connectivity index (χ3n) is 3.59. The van der Waals surface area contributed by atoms with Crippen LogP contribution in [-0.2, 0) is 24.7 Å². The van der Waals surface area contributed by atoms with E-state index in [0.717, 1.165) is 13.8 Å². The molecule has 0 radical (unpaired) electrons. The maximum Gasteiger partial charge on any atom is 0.417 e. The van der Waals surface area contributed by atoms with Gasteiger partial charge >= 0.3 is 24.7 Å². The lowest BCUT2D eigenvalue weighted by atomic mass is 9.84. The number of hydrogen-bond acceptors (Lipinski definition) is 1. The van der Waals surface area contributed by atoms with Crippen molar-refractivity contribution in [2.24, 2.45) is 11.7 Å². The average Bonchev–Trinajstić information content (AvgIpc) is 2.39. The highest BCUT2D eigenvalue weighted by Gasteiger charge is 2.56. The van der Waals surface area contributed by atoms with E-state index in [9.17, 15) is 52.7 Å². The molecule has 27 heavy (non-hydrogen) atoms. The van der Waals surface area contributed by atoms with Gasteiger partial charge < -0.3 is 5.73 Å². The number of nitrogens with two attached hydrogens (primary N) is 1. The van der Waals surface area contributed by atoms with Gasteiger partial charge in [-0.05, 0) is 17.5 Å². The first kappa shape index (κ1) is 23.4. The molecule has 0 bridgehead atoms. The number of benzene rings is 1. The Morgan fingerprint density at radius 1 is 0.630 bits per heavy atom. The largest absolute Gasteiger partial charge is 0.417 e. The fourth-order valence-electron chi connectivity index (χ4n) is 2.43. The van der Waals surface area contributed by atoms with Gasteiger partial charge in [0.2, 0.25) is 0 Å². The molecular formula is C14H11F12N. The smallest absolute Gasteiger partial charge is 0.324 e. The summed E-state index contributed by atoms with van der Waals surface area (Å²) in [7, 11) is 0. The Labute approximate surface area is 144 Å². The maximum absolute atomic E-state index is 13.3. The zero-order valence-corrected chi connectivity index (χ0v) is 13.3. The maximum atomic E-state index is 13.3. The van der Waals surface area contributed by atoms with Crippen LogP contribution >= 0.6 is 0 Å². The molecule has 0 aliphatic heterocycles. The van der Waals surface area contributed by atoms with Crippen molar-refractivity contribution in [2.45, 2.75) is 44.6 Å². The van der Waals surface area contributed by atoms with Crippen molar-refractivity contribution in [1.29, 1.82) is 0 Å². The summed E-state index contributed by atoms with van der Waals surface area (Å²) in [6.45, 7) is 2.17. The van der Waals surface area contributed by atoms with Gasteiger partial charge in [-0.1, -0.05) is 13.8 Å². The lowest BCUT2D eigenvalue weighted by Gasteiger charge is -2.29. The van der Waals surface area contributed by atoms with Crippen LogP contribution in [0.15, 0.2) is 6.07 Å². The van der Waals surface area contributed by atoms with Crippen molar-refractivity contribution < 1.29 is 52.7 Å². The molecule has 1 aromatic rings. The van der Waals surface area contributed by atoms with Crippen molar-refractivity contribution in [1.82, 2.24) is 0 Å². The lowest BCUT2D eigenvalue weighted by Crippen LogP contribution is -2.31. The molecule has 156 valence electrons. The minimum absolute atomic E-state index is 0.606. The molecule has 0 saturated heterocycles. The molecule has 1 unspecified atom stereocenters. The highest BCUT2D eigenvalue weighted by molar-refractivity contribution is 5.52. The predicted octanol–water partition coefficient (Wildman–Crippen LogP) is 6.42. The van der Waals surface area contributed by atoms with E-state index in [2.05, 4.69) is 0 Å². The molecule has 0 spiro atoms. The molecule has 0 aliphatic rings. The zero-order chi connectivity index (χ0) is 21.7. The Hall–Kier alpha value is -1.66. The summed E-state index contributed by atoms with van der Waals surface area (Å²) in [5.41, 5.74) is -9.09. The van der Waals surface area contributed by atoms with E-state index in [1.807, 2.05) is 0 Å². The van der Waals surface area contributed by atoms with Crippen molar-refractivity contribution in [2.75, 3.05) is 0 Å². The first-order valence-corrected chi connectivity index (χ1v) is 6.96. The van der Waals surface area contributed by atoms with Gasteiger partial charge in [0.1, 0.15) is 0 Å². The minimum Gasteiger partial charge on any atom is -0.324 e. The van der Waals surface area contributed by atoms with Gasteiger partial charge in [-0.15, -0.1) is 0 Å². The van der Waals surface area contributed by atoms with E-state index in [4.69, 9.17) is 5.73 Å². The molecule has 0 saturated carbocycles. The number of halogens is 12. The van der Waals surface area contributed by atoms with E-state index in [0.29, 0.717) is 0 Å². The van der Waals surface area contributed by atoms with Crippen LogP contribution in [0.4, 0.5) is 52.7 Å². The molecule has 1 rings (SSSR count). The highest BCUT2D eigenvalue weighted by Crippen LogP contribution is 2.53. The summed E-state index contributed by atoms with van der Waals surface area (Å²) in [5, 5.41) is 0. The van der Waals surface area contributed by atoms with Gasteiger partial charge in [0.15, 0.2) is 0 Å². The predicted molar refractivity (Wildman–Crippen MR) is 68.2 cm³/mol. The molecule has 0 heterocycles. The molecule has 0 aliphatic carbocycles. The molecule has 2 N–H and O–H groups in total. The topological polar surface area (TPSA) is 26.0 Å². The Bertz CT molecular complexity index is 691. The molecule has 1 nitrogen and oxygen atoms in total. The van der Waals surface area contributed by atoms with Crippen LogP contribution in [-0.4, -0.2) is 0 Å². The fraction of sp³-hybridized carbons (Fsp3) is 0.571. The van der Waals surface area contributed by atoms with Crippen molar-refractivity contribution in [3.63, 3.8) is 0 Å². The van der Waals surface area contributed by atoms with Crippen LogP contribution in [0.5, 0.6) is 0 Å². The Morgan fingerprint density at radius 3 is 1.26 bits per heavy atom. The van der Waals surface area contributed by atoms with E-state index >= 15 is 0 Å². The van der Waals surface area contributed by atoms with Crippen molar-refractivity contribution in [3.05, 3.63) is 33.9 Å². The minimum atomic E-state index is -6.39. The Kier molecular flexibility index (Phi) is 5.84. The second kappa shape index (κ2) is 6.74. The van der Waals surface area contributed by atoms with Crippen molar-refractivity contribution in [3.8, 4) is 0 Å². The number of rotatable bonds is 2. The summed E-state index contributed by atoms with van der Waals surface area (Å²) >= 11 is 0. The summed E-state index contributed by atoms with van der Waals surface area (Å²) in [6.07, 6.45) is -24.8. The molecule has 0 aromatic heterocycles. The fourth-order valence-corrected chi connectivity index (χ4v) is 2.43. The van der Waals surface area contributed by atoms with Gasteiger partial charge in [-0.25, -0.2) is 0 Å². The van der Waals surface area contributed by atoms with Gasteiger partial charge in [0, 0.05) is 6.04 Å². The molecular weight excluding hydrogens is 410 g/mol. The van der Waals surface area contributed by atoms with Crippen LogP contribution in [0.1, 0.15) is 47.7 Å². The molecule has 13 heteroatoms. The third-order valence-corrected chi connectivity index (χ3v) is 3.59. The highest BCUT2D eigenvalue weighted by atomic mass is 19.4. The molecule has 0 fully saturated rings. The standard InChI is InChI=1S/C14H11F12N/c1-4(2)10(27)5-3-6(11(15,16)17)8(13(21,22)23)9(14(24,25)26)7(5)12(18,19)20/h3-4,10H,27H2,1-2H3. The average molecular weight is 421 g/mol. The molecule has 0 amide bonds. The first-order chi connectivity index (χ1) is 11.7. The van der Waals surface area contributed by atoms with Gasteiger partial charge in [-0.3, -0.25) is 0 Å². The van der Waals surface area contributed by atoms with Crippen LogP contribution in [0.25, 0.3) is 0 Å². The number of alkyl halides is 12. The Morgan fingerprint density at radius 2 is 1.00 bits per heavy atom. The van der Waals surface area contributed by atoms with Crippen LogP contribution in [0, 0.1) is 5.92 Å². The second-order valence-electron chi connectivity index (χ2n) is 5.90. The van der Waals surface area contributed by atoms with Crippen molar-refractivity contribution >= 4 is 0 Å². The lowest BCUT2D eigenvalue weighted by molar-refractivity contribution is -0.183. The van der Waals surface area contributed by atoms with Gasteiger partial charge in [-0.2, -0.15) is 52.7 Å². The van der Waals surface area contributed by atoms with Gasteiger partial charge in [0.05, 0.1) is 22.3 Å². The van der Waals surface area contributed by atoms with E-state index in [-0.39, 0.29) is 0 Å². The zero-order valence-electron chi connectivity index (χ0n) is 13.3. The normalized spacial score (nSPS) is 15.4. The summed E-state index contributed by atoms with van der Waals surface area (Å²) < 4.78 is 157.